The highest BCUT2D eigenvalue weighted by atomic mass is 32.2. The second-order valence-electron chi connectivity index (χ2n) is 6.24. The van der Waals surface area contributed by atoms with E-state index in [9.17, 15) is 36.8 Å². The van der Waals surface area contributed by atoms with Crippen molar-refractivity contribution in [1.29, 1.82) is 0 Å². The van der Waals surface area contributed by atoms with Gasteiger partial charge in [-0.2, -0.15) is 0 Å². The van der Waals surface area contributed by atoms with E-state index in [1.807, 2.05) is 0 Å². The van der Waals surface area contributed by atoms with Gasteiger partial charge in [0, 0.05) is 17.3 Å². The second kappa shape index (κ2) is 9.31. The Balaban J connectivity index is 1.98. The van der Waals surface area contributed by atoms with Crippen LogP contribution in [0.1, 0.15) is 10.4 Å². The van der Waals surface area contributed by atoms with E-state index in [-0.39, 0.29) is 22.4 Å². The molecule has 0 heterocycles. The molecule has 0 aromatic heterocycles. The van der Waals surface area contributed by atoms with Gasteiger partial charge in [-0.3, -0.25) is 9.35 Å². The molecular weight excluding hydrogens is 436 g/mol. The van der Waals surface area contributed by atoms with E-state index in [2.05, 4.69) is 5.32 Å². The number of amides is 1. The van der Waals surface area contributed by atoms with Crippen molar-refractivity contribution in [3.63, 3.8) is 0 Å². The Labute approximate surface area is 177 Å². The zero-order valence-corrected chi connectivity index (χ0v) is 16.3. The molecule has 1 unspecified atom stereocenters. The largest absolute Gasteiger partial charge is 0.488 e. The number of anilines is 3. The third kappa shape index (κ3) is 5.12. The van der Waals surface area contributed by atoms with Crippen molar-refractivity contribution in [3.8, 4) is 0 Å². The van der Waals surface area contributed by atoms with Crippen LogP contribution in [0, 0.1) is 17.5 Å². The molecule has 4 N–H and O–H groups in total. The minimum atomic E-state index is -2.80. The Kier molecular flexibility index (Phi) is 6.76. The minimum absolute atomic E-state index is 0.0133. The van der Waals surface area contributed by atoms with Gasteiger partial charge in [0.05, 0.1) is 11.4 Å². The van der Waals surface area contributed by atoms with E-state index < -0.39 is 47.4 Å². The average molecular weight is 450 g/mol. The fraction of sp³-hybridized carbons (Fsp3) is 0. The molecule has 0 saturated carbocycles. The van der Waals surface area contributed by atoms with Crippen LogP contribution in [0.15, 0.2) is 60.7 Å². The first-order chi connectivity index (χ1) is 14.7. The van der Waals surface area contributed by atoms with Gasteiger partial charge in [-0.05, 0) is 47.9 Å². The van der Waals surface area contributed by atoms with Crippen molar-refractivity contribution in [1.82, 2.24) is 0 Å². The maximum Gasteiger partial charge on any atom is 0.488 e. The molecule has 0 aliphatic heterocycles. The van der Waals surface area contributed by atoms with Crippen LogP contribution in [-0.2, 0) is 11.3 Å². The summed E-state index contributed by atoms with van der Waals surface area (Å²) < 4.78 is 63.2. The van der Waals surface area contributed by atoms with Crippen molar-refractivity contribution in [2.75, 3.05) is 9.62 Å². The summed E-state index contributed by atoms with van der Waals surface area (Å²) >= 11 is -2.80. The highest BCUT2D eigenvalue weighted by molar-refractivity contribution is 7.81. The Morgan fingerprint density at radius 3 is 2.29 bits per heavy atom. The van der Waals surface area contributed by atoms with Gasteiger partial charge in [-0.15, -0.1) is 0 Å². The van der Waals surface area contributed by atoms with Crippen LogP contribution in [0.4, 0.5) is 30.2 Å². The van der Waals surface area contributed by atoms with Crippen molar-refractivity contribution < 1.29 is 36.8 Å². The zero-order valence-electron chi connectivity index (χ0n) is 15.5. The average Bonchev–Trinajstić information content (AvgIpc) is 2.72. The summed E-state index contributed by atoms with van der Waals surface area (Å²) in [6.45, 7) is 0. The number of hydrogen-bond acceptors (Lipinski definition) is 4. The van der Waals surface area contributed by atoms with Crippen molar-refractivity contribution in [3.05, 3.63) is 83.7 Å². The third-order valence-corrected chi connectivity index (χ3v) is 4.88. The van der Waals surface area contributed by atoms with Gasteiger partial charge in [0.25, 0.3) is 17.2 Å². The fourth-order valence-corrected chi connectivity index (χ4v) is 3.31. The molecule has 7 nitrogen and oxygen atoms in total. The molecular formula is C19H14BF3N2O5S. The number of rotatable bonds is 6. The molecule has 0 radical (unpaired) electrons. The van der Waals surface area contributed by atoms with E-state index >= 15 is 0 Å². The quantitative estimate of drug-likeness (QED) is 0.341. The Hall–Kier alpha value is -3.19. The molecule has 0 bridgehead atoms. The summed E-state index contributed by atoms with van der Waals surface area (Å²) in [6.07, 6.45) is 0. The topological polar surface area (TPSA) is 110 Å². The predicted molar refractivity (Wildman–Crippen MR) is 110 cm³/mol. The molecule has 12 heteroatoms. The number of halogens is 3. The molecule has 1 atom stereocenters. The molecule has 0 saturated heterocycles. The maximum absolute atomic E-state index is 14.5. The zero-order chi connectivity index (χ0) is 22.7. The number of nitrogens with one attached hydrogen (secondary N) is 1. The number of hydrogen-bond donors (Lipinski definition) is 4. The van der Waals surface area contributed by atoms with E-state index in [4.69, 9.17) is 0 Å². The van der Waals surface area contributed by atoms with Crippen LogP contribution in [0.2, 0.25) is 0 Å². The second-order valence-corrected chi connectivity index (χ2v) is 7.07. The van der Waals surface area contributed by atoms with E-state index in [1.54, 1.807) is 0 Å². The molecule has 160 valence electrons. The maximum atomic E-state index is 14.5. The van der Waals surface area contributed by atoms with Crippen LogP contribution >= 0.6 is 0 Å². The van der Waals surface area contributed by atoms with Gasteiger partial charge in [0.1, 0.15) is 5.82 Å². The van der Waals surface area contributed by atoms with Crippen molar-refractivity contribution in [2.24, 2.45) is 0 Å². The highest BCUT2D eigenvalue weighted by Crippen LogP contribution is 2.30. The Morgan fingerprint density at radius 2 is 1.65 bits per heavy atom. The predicted octanol–water partition coefficient (Wildman–Crippen LogP) is 2.31. The molecule has 3 aromatic rings. The Morgan fingerprint density at radius 1 is 0.935 bits per heavy atom. The first kappa shape index (κ1) is 22.5. The fourth-order valence-electron chi connectivity index (χ4n) is 2.71. The van der Waals surface area contributed by atoms with Crippen molar-refractivity contribution in [2.45, 2.75) is 0 Å². The standard InChI is InChI=1S/C19H14BF3N2O5S/c21-15-7-5-13(10-17(15)23)24-19(26)11-4-6-16(22)18(8-11)25(31(29)30)14-3-1-2-12(9-14)20(27)28/h1-10,27-28H,(H,24,26)(H,29,30). The normalized spacial score (nSPS) is 11.7. The molecule has 3 aromatic carbocycles. The first-order valence-electron chi connectivity index (χ1n) is 8.60. The van der Waals surface area contributed by atoms with Crippen LogP contribution in [-0.4, -0.2) is 31.8 Å². The molecule has 3 rings (SSSR count). The lowest BCUT2D eigenvalue weighted by Crippen LogP contribution is -2.31. The van der Waals surface area contributed by atoms with Gasteiger partial charge >= 0.3 is 7.12 Å². The lowest BCUT2D eigenvalue weighted by Gasteiger charge is -2.22. The molecule has 0 aliphatic carbocycles. The van der Waals surface area contributed by atoms with Crippen molar-refractivity contribution >= 4 is 46.8 Å². The minimum Gasteiger partial charge on any atom is -0.423 e. The van der Waals surface area contributed by atoms with Crippen LogP contribution in [0.5, 0.6) is 0 Å². The van der Waals surface area contributed by atoms with Gasteiger partial charge in [-0.1, -0.05) is 12.1 Å². The van der Waals surface area contributed by atoms with E-state index in [1.165, 1.54) is 18.2 Å². The van der Waals surface area contributed by atoms with Gasteiger partial charge in [0.2, 0.25) is 0 Å². The van der Waals surface area contributed by atoms with Crippen LogP contribution in [0.3, 0.4) is 0 Å². The van der Waals surface area contributed by atoms with Gasteiger partial charge < -0.3 is 15.4 Å². The third-order valence-electron chi connectivity index (χ3n) is 4.16. The molecule has 0 fully saturated rings. The number of benzene rings is 3. The summed E-state index contributed by atoms with van der Waals surface area (Å²) in [5.74, 6) is -4.03. The molecule has 31 heavy (non-hydrogen) atoms. The van der Waals surface area contributed by atoms with Crippen LogP contribution in [0.25, 0.3) is 0 Å². The number of carbonyl (C=O) groups is 1. The van der Waals surface area contributed by atoms with Gasteiger partial charge in [0.15, 0.2) is 11.6 Å². The molecule has 1 amide bonds. The number of nitrogens with zero attached hydrogens (tertiary/aromatic N) is 1. The van der Waals surface area contributed by atoms with E-state index in [0.29, 0.717) is 4.31 Å². The van der Waals surface area contributed by atoms with Gasteiger partial charge in [-0.25, -0.2) is 21.7 Å². The summed E-state index contributed by atoms with van der Waals surface area (Å²) in [6, 6.07) is 10.9. The highest BCUT2D eigenvalue weighted by Gasteiger charge is 2.23. The monoisotopic (exact) mass is 450 g/mol. The van der Waals surface area contributed by atoms with E-state index in [0.717, 1.165) is 42.5 Å². The smallest absolute Gasteiger partial charge is 0.423 e. The molecule has 0 aliphatic rings. The first-order valence-corrected chi connectivity index (χ1v) is 9.67. The lowest BCUT2D eigenvalue weighted by molar-refractivity contribution is 0.102. The Bertz CT molecular complexity index is 1170. The molecule has 0 spiro atoms. The van der Waals surface area contributed by atoms with Crippen LogP contribution < -0.4 is 15.1 Å². The summed E-state index contributed by atoms with van der Waals surface area (Å²) in [7, 11) is -1.87. The summed E-state index contributed by atoms with van der Waals surface area (Å²) in [4.78, 5) is 12.5. The summed E-state index contributed by atoms with van der Waals surface area (Å²) in [5.41, 5.74) is -0.718. The SMILES string of the molecule is O=C(Nc1ccc(F)c(F)c1)c1ccc(F)c(N(c2cccc(B(O)O)c2)S(=O)O)c1. The number of carbonyl (C=O) groups excluding carboxylic acids is 1. The lowest BCUT2D eigenvalue weighted by atomic mass is 9.80. The summed E-state index contributed by atoms with van der Waals surface area (Å²) in [5, 5.41) is 20.9.